The Bertz CT molecular complexity index is 564. The van der Waals surface area contributed by atoms with Crippen molar-refractivity contribution < 1.29 is 28.2 Å². The largest absolute Gasteiger partial charge is 0.490 e. The van der Waals surface area contributed by atoms with Crippen molar-refractivity contribution >= 4 is 11.9 Å². The molecule has 1 aromatic rings. The van der Waals surface area contributed by atoms with Gasteiger partial charge in [0.15, 0.2) is 5.41 Å². The molecule has 0 heterocycles. The summed E-state index contributed by atoms with van der Waals surface area (Å²) in [4.78, 5) is 24.7. The van der Waals surface area contributed by atoms with Gasteiger partial charge in [0.1, 0.15) is 24.8 Å². The number of hydrogen-bond acceptors (Lipinski definition) is 5. The van der Waals surface area contributed by atoms with Crippen LogP contribution in [0.2, 0.25) is 0 Å². The average molecular weight is 352 g/mol. The van der Waals surface area contributed by atoms with E-state index in [1.807, 2.05) is 0 Å². The molecule has 0 bridgehead atoms. The van der Waals surface area contributed by atoms with Crippen LogP contribution < -0.4 is 4.74 Å². The fraction of sp³-hybridized carbons (Fsp3) is 0.474. The lowest BCUT2D eigenvalue weighted by atomic mass is 9.82. The molecule has 0 unspecified atom stereocenters. The zero-order valence-corrected chi connectivity index (χ0v) is 14.8. The van der Waals surface area contributed by atoms with E-state index in [-0.39, 0.29) is 38.5 Å². The number of halogens is 1. The smallest absolute Gasteiger partial charge is 0.323 e. The summed E-state index contributed by atoms with van der Waals surface area (Å²) in [7, 11) is 0. The minimum atomic E-state index is -1.31. The van der Waals surface area contributed by atoms with Gasteiger partial charge in [0, 0.05) is 0 Å². The highest BCUT2D eigenvalue weighted by atomic mass is 19.1. The summed E-state index contributed by atoms with van der Waals surface area (Å²) in [6.07, 6.45) is 2.73. The minimum Gasteiger partial charge on any atom is -0.490 e. The maximum atomic E-state index is 12.8. The molecule has 5 nitrogen and oxygen atoms in total. The molecule has 1 rings (SSSR count). The van der Waals surface area contributed by atoms with Gasteiger partial charge in [0.05, 0.1) is 6.61 Å². The van der Waals surface area contributed by atoms with Crippen molar-refractivity contribution in [2.24, 2.45) is 5.41 Å². The molecule has 1 aromatic carbocycles. The molecule has 0 atom stereocenters. The first-order valence-electron chi connectivity index (χ1n) is 8.33. The second-order valence-electron chi connectivity index (χ2n) is 5.44. The normalized spacial score (nSPS) is 10.8. The number of rotatable bonds is 11. The van der Waals surface area contributed by atoms with Gasteiger partial charge in [-0.05, 0) is 43.5 Å². The molecule has 0 N–H and O–H groups in total. The third-order valence-corrected chi connectivity index (χ3v) is 3.94. The molecule has 0 saturated heterocycles. The van der Waals surface area contributed by atoms with Gasteiger partial charge in [0.25, 0.3) is 0 Å². The van der Waals surface area contributed by atoms with E-state index in [1.54, 1.807) is 19.9 Å². The number of carbonyl (C=O) groups excluding carboxylic acids is 2. The molecule has 25 heavy (non-hydrogen) atoms. The first-order valence-corrected chi connectivity index (χ1v) is 8.33. The van der Waals surface area contributed by atoms with Gasteiger partial charge in [-0.2, -0.15) is 0 Å². The second-order valence-corrected chi connectivity index (χ2v) is 5.44. The van der Waals surface area contributed by atoms with Crippen LogP contribution in [0.1, 0.15) is 33.1 Å². The van der Waals surface area contributed by atoms with Gasteiger partial charge in [-0.3, -0.25) is 9.59 Å². The standard InChI is InChI=1S/C19H25FO5/c1-4-7-12-24-17(21)19(5-2,6-3)18(22)25-14-13-23-16-10-8-15(20)9-11-16/h4,8-11H,1,5-7,12-14H2,2-3H3. The van der Waals surface area contributed by atoms with E-state index in [1.165, 1.54) is 24.3 Å². The lowest BCUT2D eigenvalue weighted by Gasteiger charge is -2.26. The van der Waals surface area contributed by atoms with Crippen LogP contribution in [0.25, 0.3) is 0 Å². The molecular formula is C19H25FO5. The Labute approximate surface area is 147 Å². The second kappa shape index (κ2) is 10.5. The van der Waals surface area contributed by atoms with Gasteiger partial charge in [0.2, 0.25) is 0 Å². The van der Waals surface area contributed by atoms with E-state index in [4.69, 9.17) is 14.2 Å². The highest BCUT2D eigenvalue weighted by molar-refractivity contribution is 6.00. The molecule has 138 valence electrons. The Balaban J connectivity index is 2.53. The summed E-state index contributed by atoms with van der Waals surface area (Å²) < 4.78 is 28.5. The van der Waals surface area contributed by atoms with E-state index in [2.05, 4.69) is 6.58 Å². The third-order valence-electron chi connectivity index (χ3n) is 3.94. The predicted octanol–water partition coefficient (Wildman–Crippen LogP) is 3.67. The zero-order valence-electron chi connectivity index (χ0n) is 14.8. The lowest BCUT2D eigenvalue weighted by molar-refractivity contribution is -0.173. The van der Waals surface area contributed by atoms with Gasteiger partial charge in [-0.1, -0.05) is 19.9 Å². The lowest BCUT2D eigenvalue weighted by Crippen LogP contribution is -2.41. The van der Waals surface area contributed by atoms with E-state index < -0.39 is 17.4 Å². The molecular weight excluding hydrogens is 327 g/mol. The zero-order chi connectivity index (χ0) is 18.7. The van der Waals surface area contributed by atoms with Crippen LogP contribution in [0, 0.1) is 11.2 Å². The fourth-order valence-corrected chi connectivity index (χ4v) is 2.25. The molecule has 0 aliphatic carbocycles. The maximum Gasteiger partial charge on any atom is 0.323 e. The third kappa shape index (κ3) is 5.89. The monoisotopic (exact) mass is 352 g/mol. The Morgan fingerprint density at radius 3 is 2.12 bits per heavy atom. The first kappa shape index (κ1) is 20.7. The van der Waals surface area contributed by atoms with Crippen molar-refractivity contribution in [3.63, 3.8) is 0 Å². The molecule has 0 radical (unpaired) electrons. The molecule has 0 aliphatic heterocycles. The number of carbonyl (C=O) groups is 2. The van der Waals surface area contributed by atoms with Gasteiger partial charge in [-0.25, -0.2) is 4.39 Å². The van der Waals surface area contributed by atoms with Crippen LogP contribution in [0.4, 0.5) is 4.39 Å². The van der Waals surface area contributed by atoms with Crippen molar-refractivity contribution in [2.45, 2.75) is 33.1 Å². The molecule has 0 amide bonds. The van der Waals surface area contributed by atoms with Crippen LogP contribution in [-0.4, -0.2) is 31.8 Å². The Kier molecular flexibility index (Phi) is 8.67. The highest BCUT2D eigenvalue weighted by Crippen LogP contribution is 2.30. The van der Waals surface area contributed by atoms with Crippen LogP contribution in [-0.2, 0) is 19.1 Å². The summed E-state index contributed by atoms with van der Waals surface area (Å²) in [5, 5.41) is 0. The summed E-state index contributed by atoms with van der Waals surface area (Å²) in [5.74, 6) is -1.09. The van der Waals surface area contributed by atoms with Crippen LogP contribution in [0.5, 0.6) is 5.75 Å². The van der Waals surface area contributed by atoms with Gasteiger partial charge >= 0.3 is 11.9 Å². The summed E-state index contributed by atoms with van der Waals surface area (Å²) >= 11 is 0. The number of ether oxygens (including phenoxy) is 3. The van der Waals surface area contributed by atoms with Crippen molar-refractivity contribution in [3.05, 3.63) is 42.7 Å². The minimum absolute atomic E-state index is 0.0160. The van der Waals surface area contributed by atoms with Crippen molar-refractivity contribution in [1.29, 1.82) is 0 Å². The SMILES string of the molecule is C=CCCOC(=O)C(CC)(CC)C(=O)OCCOc1ccc(F)cc1. The van der Waals surface area contributed by atoms with Crippen molar-refractivity contribution in [1.82, 2.24) is 0 Å². The fourth-order valence-electron chi connectivity index (χ4n) is 2.25. The number of esters is 2. The Morgan fingerprint density at radius 1 is 1.04 bits per heavy atom. The van der Waals surface area contributed by atoms with Crippen LogP contribution >= 0.6 is 0 Å². The molecule has 0 spiro atoms. The van der Waals surface area contributed by atoms with Gasteiger partial charge in [-0.15, -0.1) is 6.58 Å². The topological polar surface area (TPSA) is 61.8 Å². The summed E-state index contributed by atoms with van der Waals surface area (Å²) in [5.41, 5.74) is -1.31. The molecule has 6 heteroatoms. The van der Waals surface area contributed by atoms with E-state index >= 15 is 0 Å². The van der Waals surface area contributed by atoms with Crippen LogP contribution in [0.3, 0.4) is 0 Å². The number of benzene rings is 1. The van der Waals surface area contributed by atoms with Crippen molar-refractivity contribution in [2.75, 3.05) is 19.8 Å². The Hall–Kier alpha value is -2.37. The van der Waals surface area contributed by atoms with E-state index in [9.17, 15) is 14.0 Å². The maximum absolute atomic E-state index is 12.8. The average Bonchev–Trinajstić information content (AvgIpc) is 2.62. The number of hydrogen-bond donors (Lipinski definition) is 0. The Morgan fingerprint density at radius 2 is 1.60 bits per heavy atom. The quantitative estimate of drug-likeness (QED) is 0.263. The first-order chi connectivity index (χ1) is 12.0. The van der Waals surface area contributed by atoms with E-state index in [0.717, 1.165) is 0 Å². The summed E-state index contributed by atoms with van der Waals surface area (Å²) in [6.45, 7) is 7.32. The molecule has 0 aliphatic rings. The molecule has 0 fully saturated rings. The van der Waals surface area contributed by atoms with E-state index in [0.29, 0.717) is 12.2 Å². The molecule has 0 saturated carbocycles. The predicted molar refractivity (Wildman–Crippen MR) is 91.6 cm³/mol. The van der Waals surface area contributed by atoms with Crippen LogP contribution in [0.15, 0.2) is 36.9 Å². The van der Waals surface area contributed by atoms with Gasteiger partial charge < -0.3 is 14.2 Å². The van der Waals surface area contributed by atoms with Crippen molar-refractivity contribution in [3.8, 4) is 5.75 Å². The highest BCUT2D eigenvalue weighted by Gasteiger charge is 2.45. The summed E-state index contributed by atoms with van der Waals surface area (Å²) in [6, 6.07) is 5.52. The molecule has 0 aromatic heterocycles.